The van der Waals surface area contributed by atoms with Gasteiger partial charge >= 0.3 is 6.03 Å². The highest BCUT2D eigenvalue weighted by Crippen LogP contribution is 2.28. The average molecular weight is 353 g/mol. The lowest BCUT2D eigenvalue weighted by molar-refractivity contribution is 0.212. The number of pyridine rings is 1. The number of urea groups is 1. The van der Waals surface area contributed by atoms with Crippen molar-refractivity contribution in [3.8, 4) is 11.4 Å². The third-order valence-electron chi connectivity index (χ3n) is 4.42. The summed E-state index contributed by atoms with van der Waals surface area (Å²) in [4.78, 5) is 22.3. The van der Waals surface area contributed by atoms with Crippen LogP contribution in [0.25, 0.3) is 11.4 Å². The lowest BCUT2D eigenvalue weighted by Gasteiger charge is -2.16. The van der Waals surface area contributed by atoms with Crippen LogP contribution in [0, 0.1) is 0 Å². The van der Waals surface area contributed by atoms with E-state index in [1.165, 1.54) is 4.90 Å². The van der Waals surface area contributed by atoms with E-state index in [9.17, 15) is 4.79 Å². The van der Waals surface area contributed by atoms with E-state index in [1.807, 2.05) is 7.05 Å². The van der Waals surface area contributed by atoms with E-state index in [-0.39, 0.29) is 12.6 Å². The molecule has 2 amide bonds. The first-order valence-electron chi connectivity index (χ1n) is 8.41. The zero-order valence-electron chi connectivity index (χ0n) is 14.6. The summed E-state index contributed by atoms with van der Waals surface area (Å²) in [6.07, 6.45) is 6.32. The highest BCUT2D eigenvalue weighted by molar-refractivity contribution is 5.89. The van der Waals surface area contributed by atoms with Gasteiger partial charge in [-0.1, -0.05) is 5.16 Å². The Balaban J connectivity index is 1.43. The number of carbonyl (C=O) groups excluding carboxylic acids is 1. The van der Waals surface area contributed by atoms with E-state index < -0.39 is 0 Å². The van der Waals surface area contributed by atoms with Crippen LogP contribution in [0.5, 0.6) is 0 Å². The number of aryl methyl sites for hydroxylation is 2. The van der Waals surface area contributed by atoms with E-state index in [2.05, 4.69) is 25.5 Å². The lowest BCUT2D eigenvalue weighted by Crippen LogP contribution is -2.32. The Hall–Kier alpha value is -3.23. The van der Waals surface area contributed by atoms with Gasteiger partial charge in [-0.05, 0) is 31.4 Å². The highest BCUT2D eigenvalue weighted by atomic mass is 16.5. The topological polar surface area (TPSA) is 102 Å². The number of nitrogens with zero attached hydrogens (tertiary/aromatic N) is 6. The molecule has 0 saturated carbocycles. The van der Waals surface area contributed by atoms with Gasteiger partial charge in [0, 0.05) is 37.6 Å². The molecule has 3 aromatic heterocycles. The molecule has 1 aliphatic rings. The molecule has 0 aromatic carbocycles. The molecule has 1 N–H and O–H groups in total. The van der Waals surface area contributed by atoms with Gasteiger partial charge in [-0.3, -0.25) is 15.0 Å². The van der Waals surface area contributed by atoms with Crippen molar-refractivity contribution >= 4 is 11.8 Å². The van der Waals surface area contributed by atoms with Crippen molar-refractivity contribution in [2.45, 2.75) is 25.8 Å². The fourth-order valence-corrected chi connectivity index (χ4v) is 3.08. The van der Waals surface area contributed by atoms with Gasteiger partial charge in [0.2, 0.25) is 11.7 Å². The Bertz CT molecular complexity index is 932. The van der Waals surface area contributed by atoms with E-state index >= 15 is 0 Å². The maximum Gasteiger partial charge on any atom is 0.323 e. The number of hydrogen-bond donors (Lipinski definition) is 1. The average Bonchev–Trinajstić information content (AvgIpc) is 3.34. The van der Waals surface area contributed by atoms with E-state index in [1.54, 1.807) is 36.3 Å². The molecule has 0 saturated heterocycles. The molecule has 9 heteroatoms. The smallest absolute Gasteiger partial charge is 0.323 e. The van der Waals surface area contributed by atoms with Gasteiger partial charge in [0.15, 0.2) is 0 Å². The van der Waals surface area contributed by atoms with Crippen LogP contribution < -0.4 is 5.32 Å². The van der Waals surface area contributed by atoms with Crippen molar-refractivity contribution in [3.63, 3.8) is 0 Å². The molecule has 3 heterocycles. The molecule has 0 unspecified atom stereocenters. The van der Waals surface area contributed by atoms with Crippen LogP contribution in [0.2, 0.25) is 0 Å². The molecule has 4 rings (SSSR count). The number of rotatable bonds is 4. The minimum absolute atomic E-state index is 0.212. The zero-order valence-corrected chi connectivity index (χ0v) is 14.6. The summed E-state index contributed by atoms with van der Waals surface area (Å²) >= 11 is 0. The number of fused-ring (bicyclic) bond motifs is 1. The molecule has 0 fully saturated rings. The van der Waals surface area contributed by atoms with Gasteiger partial charge in [0.05, 0.1) is 5.69 Å². The number of anilines is 1. The molecule has 0 bridgehead atoms. The molecule has 3 aromatic rings. The third-order valence-corrected chi connectivity index (χ3v) is 4.42. The summed E-state index contributed by atoms with van der Waals surface area (Å²) in [5.74, 6) is 1.60. The Morgan fingerprint density at radius 2 is 2.15 bits per heavy atom. The summed E-state index contributed by atoms with van der Waals surface area (Å²) in [6.45, 7) is 0.212. The van der Waals surface area contributed by atoms with Gasteiger partial charge in [-0.15, -0.1) is 0 Å². The largest absolute Gasteiger partial charge is 0.337 e. The van der Waals surface area contributed by atoms with Crippen molar-refractivity contribution in [3.05, 3.63) is 41.7 Å². The van der Waals surface area contributed by atoms with Crippen LogP contribution in [0.15, 0.2) is 29.0 Å². The van der Waals surface area contributed by atoms with Crippen molar-refractivity contribution in [2.75, 3.05) is 12.4 Å². The van der Waals surface area contributed by atoms with Crippen LogP contribution in [0.3, 0.4) is 0 Å². The van der Waals surface area contributed by atoms with Crippen LogP contribution in [0.1, 0.15) is 23.6 Å². The van der Waals surface area contributed by atoms with Crippen LogP contribution >= 0.6 is 0 Å². The van der Waals surface area contributed by atoms with Crippen LogP contribution in [-0.2, 0) is 26.4 Å². The minimum Gasteiger partial charge on any atom is -0.337 e. The number of amides is 2. The molecule has 134 valence electrons. The Morgan fingerprint density at radius 1 is 1.35 bits per heavy atom. The van der Waals surface area contributed by atoms with Crippen molar-refractivity contribution in [1.82, 2.24) is 29.8 Å². The fourth-order valence-electron chi connectivity index (χ4n) is 3.08. The molecule has 0 aliphatic heterocycles. The summed E-state index contributed by atoms with van der Waals surface area (Å²) < 4.78 is 6.98. The van der Waals surface area contributed by atoms with Gasteiger partial charge in [0.25, 0.3) is 0 Å². The van der Waals surface area contributed by atoms with Crippen molar-refractivity contribution in [1.29, 1.82) is 0 Å². The first-order chi connectivity index (χ1) is 12.6. The highest BCUT2D eigenvalue weighted by Gasteiger charge is 2.23. The summed E-state index contributed by atoms with van der Waals surface area (Å²) in [5.41, 5.74) is 3.02. The number of hydrogen-bond acceptors (Lipinski definition) is 6. The molecule has 0 radical (unpaired) electrons. The quantitative estimate of drug-likeness (QED) is 0.770. The number of carbonyl (C=O) groups is 1. The molecule has 9 nitrogen and oxygen atoms in total. The van der Waals surface area contributed by atoms with Gasteiger partial charge in [0.1, 0.15) is 12.4 Å². The second-order valence-electron chi connectivity index (χ2n) is 6.28. The fraction of sp³-hybridized carbons (Fsp3) is 0.353. The molecule has 1 aliphatic carbocycles. The molecule has 0 spiro atoms. The van der Waals surface area contributed by atoms with Crippen molar-refractivity contribution < 1.29 is 9.32 Å². The molecule has 26 heavy (non-hydrogen) atoms. The van der Waals surface area contributed by atoms with Crippen LogP contribution in [-0.4, -0.2) is 42.9 Å². The second-order valence-corrected chi connectivity index (χ2v) is 6.28. The minimum atomic E-state index is -0.244. The Labute approximate surface area is 150 Å². The van der Waals surface area contributed by atoms with E-state index in [0.29, 0.717) is 11.7 Å². The second kappa shape index (κ2) is 6.58. The van der Waals surface area contributed by atoms with Crippen molar-refractivity contribution in [2.24, 2.45) is 7.05 Å². The molecular weight excluding hydrogens is 334 g/mol. The van der Waals surface area contributed by atoms with Gasteiger partial charge < -0.3 is 9.42 Å². The van der Waals surface area contributed by atoms with Gasteiger partial charge in [-0.2, -0.15) is 10.1 Å². The first-order valence-corrected chi connectivity index (χ1v) is 8.41. The SMILES string of the molecule is CN(Cc1nc(-c2ccncc2)no1)C(=O)Nc1c2c(nn1C)CCC2. The normalized spacial score (nSPS) is 12.8. The first kappa shape index (κ1) is 16.2. The summed E-state index contributed by atoms with van der Waals surface area (Å²) in [5, 5.41) is 11.3. The predicted molar refractivity (Wildman–Crippen MR) is 93.2 cm³/mol. The van der Waals surface area contributed by atoms with E-state index in [0.717, 1.165) is 41.9 Å². The maximum atomic E-state index is 12.5. The Kier molecular flexibility index (Phi) is 4.11. The predicted octanol–water partition coefficient (Wildman–Crippen LogP) is 2.02. The summed E-state index contributed by atoms with van der Waals surface area (Å²) in [6, 6.07) is 3.36. The Morgan fingerprint density at radius 3 is 2.96 bits per heavy atom. The number of nitrogens with one attached hydrogen (secondary N) is 1. The summed E-state index contributed by atoms with van der Waals surface area (Å²) in [7, 11) is 3.52. The van der Waals surface area contributed by atoms with Gasteiger partial charge in [-0.25, -0.2) is 4.79 Å². The van der Waals surface area contributed by atoms with Crippen LogP contribution in [0.4, 0.5) is 10.6 Å². The molecule has 0 atom stereocenters. The molecular formula is C17H19N7O2. The monoisotopic (exact) mass is 353 g/mol. The number of aromatic nitrogens is 5. The zero-order chi connectivity index (χ0) is 18.1. The standard InChI is InChI=1S/C17H19N7O2/c1-23(10-14-19-15(22-26-14)11-6-8-18-9-7-11)17(25)20-16-12-4-3-5-13(12)21-24(16)2/h6-9H,3-5,10H2,1-2H3,(H,20,25). The maximum absolute atomic E-state index is 12.5. The third kappa shape index (κ3) is 3.03. The lowest BCUT2D eigenvalue weighted by atomic mass is 10.2. The van der Waals surface area contributed by atoms with E-state index in [4.69, 9.17) is 4.52 Å².